The van der Waals surface area contributed by atoms with Gasteiger partial charge in [-0.05, 0) is 24.8 Å². The number of aliphatic carboxylic acids is 1. The Morgan fingerprint density at radius 2 is 1.91 bits per heavy atom. The Hall–Kier alpha value is -2.44. The number of pyridine rings is 1. The lowest BCUT2D eigenvalue weighted by atomic mass is 10.0. The van der Waals surface area contributed by atoms with E-state index in [4.69, 9.17) is 4.52 Å². The van der Waals surface area contributed by atoms with Crippen LogP contribution in [0.3, 0.4) is 0 Å². The number of carboxylic acids is 1. The first-order chi connectivity index (χ1) is 10.7. The van der Waals surface area contributed by atoms with E-state index in [9.17, 15) is 14.7 Å². The maximum absolute atomic E-state index is 12.6. The second kappa shape index (κ2) is 6.36. The summed E-state index contributed by atoms with van der Waals surface area (Å²) in [7, 11) is 0. The van der Waals surface area contributed by atoms with E-state index in [1.54, 1.807) is 26.8 Å². The predicted molar refractivity (Wildman–Crippen MR) is 84.4 cm³/mol. The number of nitrogens with one attached hydrogen (secondary N) is 1. The summed E-state index contributed by atoms with van der Waals surface area (Å²) in [6, 6.07) is 0.708. The first-order valence-corrected chi connectivity index (χ1v) is 7.53. The molecule has 0 aliphatic carbocycles. The number of aryl methyl sites for hydroxylation is 1. The van der Waals surface area contributed by atoms with E-state index < -0.39 is 17.9 Å². The van der Waals surface area contributed by atoms with Crippen molar-refractivity contribution in [3.8, 4) is 0 Å². The molecule has 0 aliphatic rings. The number of hydrogen-bond donors (Lipinski definition) is 2. The van der Waals surface area contributed by atoms with Crippen molar-refractivity contribution in [3.05, 3.63) is 23.0 Å². The van der Waals surface area contributed by atoms with Gasteiger partial charge in [0.2, 0.25) is 0 Å². The number of aromatic nitrogens is 2. The van der Waals surface area contributed by atoms with Gasteiger partial charge in [-0.25, -0.2) is 9.78 Å². The highest BCUT2D eigenvalue weighted by Gasteiger charge is 2.26. The van der Waals surface area contributed by atoms with E-state index in [0.29, 0.717) is 22.3 Å². The lowest BCUT2D eigenvalue weighted by Gasteiger charge is -2.18. The Bertz CT molecular complexity index is 749. The minimum Gasteiger partial charge on any atom is -0.480 e. The second-order valence-corrected chi connectivity index (χ2v) is 6.23. The second-order valence-electron chi connectivity index (χ2n) is 6.23. The van der Waals surface area contributed by atoms with E-state index in [0.717, 1.165) is 0 Å². The number of carbonyl (C=O) groups excluding carboxylic acids is 1. The highest BCUT2D eigenvalue weighted by molar-refractivity contribution is 6.07. The van der Waals surface area contributed by atoms with Gasteiger partial charge in [-0.2, -0.15) is 0 Å². The van der Waals surface area contributed by atoms with E-state index in [-0.39, 0.29) is 17.5 Å². The first-order valence-electron chi connectivity index (χ1n) is 7.53. The monoisotopic (exact) mass is 319 g/mol. The number of rotatable bonds is 5. The van der Waals surface area contributed by atoms with Crippen molar-refractivity contribution in [2.45, 2.75) is 46.6 Å². The molecule has 2 aromatic rings. The molecule has 1 atom stereocenters. The van der Waals surface area contributed by atoms with E-state index in [1.807, 2.05) is 13.8 Å². The van der Waals surface area contributed by atoms with Gasteiger partial charge in [0, 0.05) is 5.69 Å². The molecule has 0 spiro atoms. The van der Waals surface area contributed by atoms with Crippen LogP contribution in [0.1, 0.15) is 55.4 Å². The third-order valence-corrected chi connectivity index (χ3v) is 3.69. The van der Waals surface area contributed by atoms with E-state index in [1.165, 1.54) is 0 Å². The Kier molecular flexibility index (Phi) is 4.68. The molecule has 7 nitrogen and oxygen atoms in total. The van der Waals surface area contributed by atoms with E-state index >= 15 is 0 Å². The molecule has 124 valence electrons. The summed E-state index contributed by atoms with van der Waals surface area (Å²) < 4.78 is 5.17. The van der Waals surface area contributed by atoms with Crippen LogP contribution in [0, 0.1) is 12.8 Å². The highest BCUT2D eigenvalue weighted by atomic mass is 16.5. The number of fused-ring (bicyclic) bond motifs is 1. The van der Waals surface area contributed by atoms with Gasteiger partial charge < -0.3 is 14.9 Å². The fourth-order valence-corrected chi connectivity index (χ4v) is 2.32. The average molecular weight is 319 g/mol. The molecule has 2 rings (SSSR count). The van der Waals surface area contributed by atoms with Gasteiger partial charge >= 0.3 is 5.97 Å². The predicted octanol–water partition coefficient (Wildman–Crippen LogP) is 2.49. The maximum Gasteiger partial charge on any atom is 0.326 e. The molecule has 0 radical (unpaired) electrons. The van der Waals surface area contributed by atoms with Crippen molar-refractivity contribution in [1.82, 2.24) is 15.5 Å². The summed E-state index contributed by atoms with van der Waals surface area (Å²) in [6.07, 6.45) is 0. The molecule has 0 saturated carbocycles. The van der Waals surface area contributed by atoms with Crippen molar-refractivity contribution in [2.24, 2.45) is 5.92 Å². The molecular formula is C16H21N3O4. The van der Waals surface area contributed by atoms with Gasteiger partial charge in [-0.15, -0.1) is 0 Å². The van der Waals surface area contributed by atoms with Crippen LogP contribution in [-0.4, -0.2) is 33.2 Å². The van der Waals surface area contributed by atoms with Crippen molar-refractivity contribution >= 4 is 23.0 Å². The zero-order valence-corrected chi connectivity index (χ0v) is 13.9. The molecule has 7 heteroatoms. The van der Waals surface area contributed by atoms with Crippen LogP contribution < -0.4 is 5.32 Å². The molecule has 2 N–H and O–H groups in total. The number of carbonyl (C=O) groups is 2. The topological polar surface area (TPSA) is 105 Å². The fraction of sp³-hybridized carbons (Fsp3) is 0.500. The number of amides is 1. The first kappa shape index (κ1) is 16.9. The van der Waals surface area contributed by atoms with Crippen LogP contribution >= 0.6 is 0 Å². The van der Waals surface area contributed by atoms with Gasteiger partial charge in [-0.3, -0.25) is 4.79 Å². The summed E-state index contributed by atoms with van der Waals surface area (Å²) >= 11 is 0. The molecule has 0 saturated heterocycles. The minimum atomic E-state index is -1.07. The summed E-state index contributed by atoms with van der Waals surface area (Å²) in [5.74, 6) is -1.67. The summed E-state index contributed by atoms with van der Waals surface area (Å²) in [4.78, 5) is 28.3. The van der Waals surface area contributed by atoms with Crippen molar-refractivity contribution in [1.29, 1.82) is 0 Å². The molecule has 1 amide bonds. The van der Waals surface area contributed by atoms with Crippen LogP contribution in [0.15, 0.2) is 10.6 Å². The van der Waals surface area contributed by atoms with Gasteiger partial charge in [0.15, 0.2) is 0 Å². The highest BCUT2D eigenvalue weighted by Crippen LogP contribution is 2.25. The molecule has 0 aliphatic heterocycles. The van der Waals surface area contributed by atoms with Crippen LogP contribution in [0.2, 0.25) is 0 Å². The normalized spacial score (nSPS) is 12.8. The molecule has 2 heterocycles. The number of carboxylic acid groups (broad SMARTS) is 1. The summed E-state index contributed by atoms with van der Waals surface area (Å²) in [6.45, 7) is 9.10. The lowest BCUT2D eigenvalue weighted by Crippen LogP contribution is -2.44. The fourth-order valence-electron chi connectivity index (χ4n) is 2.32. The van der Waals surface area contributed by atoms with Crippen molar-refractivity contribution < 1.29 is 19.2 Å². The summed E-state index contributed by atoms with van der Waals surface area (Å²) in [5, 5.41) is 16.2. The summed E-state index contributed by atoms with van der Waals surface area (Å²) in [5.41, 5.74) is 1.86. The SMILES string of the molecule is Cc1noc2nc(C(C)C)cc(C(=O)NC(C(=O)O)C(C)C)c12. The standard InChI is InChI=1S/C16H21N3O4/c1-7(2)11-6-10(12-9(5)19-23-15(12)17-11)14(20)18-13(8(3)4)16(21)22/h6-8,13H,1-5H3,(H,18,20)(H,21,22). The van der Waals surface area contributed by atoms with Gasteiger partial charge in [0.1, 0.15) is 6.04 Å². The molecule has 0 aromatic carbocycles. The largest absolute Gasteiger partial charge is 0.480 e. The molecule has 2 aromatic heterocycles. The molecule has 0 fully saturated rings. The molecule has 23 heavy (non-hydrogen) atoms. The average Bonchev–Trinajstić information content (AvgIpc) is 2.84. The molecular weight excluding hydrogens is 298 g/mol. The maximum atomic E-state index is 12.6. The number of nitrogens with zero attached hydrogens (tertiary/aromatic N) is 2. The Labute approximate surface area is 134 Å². The third-order valence-electron chi connectivity index (χ3n) is 3.69. The van der Waals surface area contributed by atoms with Crippen molar-refractivity contribution in [3.63, 3.8) is 0 Å². The van der Waals surface area contributed by atoms with Crippen LogP contribution in [-0.2, 0) is 4.79 Å². The molecule has 1 unspecified atom stereocenters. The Balaban J connectivity index is 2.50. The van der Waals surface area contributed by atoms with Gasteiger partial charge in [0.05, 0.1) is 16.6 Å². The van der Waals surface area contributed by atoms with Gasteiger partial charge in [0.25, 0.3) is 11.6 Å². The van der Waals surface area contributed by atoms with Gasteiger partial charge in [-0.1, -0.05) is 32.9 Å². The molecule has 0 bridgehead atoms. The third kappa shape index (κ3) is 3.33. The van der Waals surface area contributed by atoms with Crippen LogP contribution in [0.5, 0.6) is 0 Å². The van der Waals surface area contributed by atoms with Crippen LogP contribution in [0.25, 0.3) is 11.1 Å². The number of hydrogen-bond acceptors (Lipinski definition) is 5. The van der Waals surface area contributed by atoms with Crippen LogP contribution in [0.4, 0.5) is 0 Å². The zero-order chi connectivity index (χ0) is 17.3. The van der Waals surface area contributed by atoms with Crippen molar-refractivity contribution in [2.75, 3.05) is 0 Å². The Morgan fingerprint density at radius 1 is 1.26 bits per heavy atom. The minimum absolute atomic E-state index is 0.0942. The zero-order valence-electron chi connectivity index (χ0n) is 13.9. The smallest absolute Gasteiger partial charge is 0.326 e. The quantitative estimate of drug-likeness (QED) is 0.877. The lowest BCUT2D eigenvalue weighted by molar-refractivity contribution is -0.140. The van der Waals surface area contributed by atoms with E-state index in [2.05, 4.69) is 15.5 Å². The Morgan fingerprint density at radius 3 is 2.43 bits per heavy atom.